The Hall–Kier alpha value is -0.640. The molecule has 1 aromatic rings. The van der Waals surface area contributed by atoms with Gasteiger partial charge >= 0.3 is 0 Å². The molecule has 18 heavy (non-hydrogen) atoms. The largest absolute Gasteiger partial charge is 0.344 e. The van der Waals surface area contributed by atoms with E-state index in [1.165, 1.54) is 38.6 Å². The third-order valence-electron chi connectivity index (χ3n) is 4.33. The van der Waals surface area contributed by atoms with E-state index in [4.69, 9.17) is 4.98 Å². The summed E-state index contributed by atoms with van der Waals surface area (Å²) in [4.78, 5) is 7.35. The Morgan fingerprint density at radius 2 is 1.94 bits per heavy atom. The molecule has 0 bridgehead atoms. The standard InChI is InChI=1S/C14H23N3S/c1-14(2,3)12-15-13(18-16-12)17-9-5-7-10-6-4-8-11(10)17/h10-11H,4-9H2,1-3H3. The average Bonchev–Trinajstić information content (AvgIpc) is 2.96. The van der Waals surface area contributed by atoms with Gasteiger partial charge in [-0.25, -0.2) is 4.98 Å². The monoisotopic (exact) mass is 265 g/mol. The molecule has 1 aliphatic carbocycles. The molecule has 0 aromatic carbocycles. The SMILES string of the molecule is CC(C)(C)c1nsc(N2CCCC3CCCC32)n1. The average molecular weight is 265 g/mol. The van der Waals surface area contributed by atoms with Crippen LogP contribution in [0.2, 0.25) is 0 Å². The zero-order valence-electron chi connectivity index (χ0n) is 11.6. The van der Waals surface area contributed by atoms with Crippen molar-refractivity contribution in [3.05, 3.63) is 5.82 Å². The topological polar surface area (TPSA) is 29.0 Å². The Balaban J connectivity index is 1.83. The Bertz CT molecular complexity index is 421. The third kappa shape index (κ3) is 2.15. The van der Waals surface area contributed by atoms with Gasteiger partial charge in [-0.05, 0) is 31.6 Å². The summed E-state index contributed by atoms with van der Waals surface area (Å²) in [5, 5.41) is 1.16. The maximum Gasteiger partial charge on any atom is 0.205 e. The van der Waals surface area contributed by atoms with Gasteiger partial charge < -0.3 is 4.90 Å². The quantitative estimate of drug-likeness (QED) is 0.777. The van der Waals surface area contributed by atoms with Crippen molar-refractivity contribution < 1.29 is 0 Å². The molecule has 3 nitrogen and oxygen atoms in total. The smallest absolute Gasteiger partial charge is 0.205 e. The number of anilines is 1. The van der Waals surface area contributed by atoms with Crippen molar-refractivity contribution in [3.8, 4) is 0 Å². The van der Waals surface area contributed by atoms with Gasteiger partial charge in [0, 0.05) is 29.5 Å². The van der Waals surface area contributed by atoms with E-state index in [2.05, 4.69) is 30.0 Å². The highest BCUT2D eigenvalue weighted by atomic mass is 32.1. The summed E-state index contributed by atoms with van der Waals surface area (Å²) in [5.41, 5.74) is 0.0691. The highest BCUT2D eigenvalue weighted by Gasteiger charge is 2.36. The number of fused-ring (bicyclic) bond motifs is 1. The van der Waals surface area contributed by atoms with Crippen LogP contribution in [0.15, 0.2) is 0 Å². The Morgan fingerprint density at radius 1 is 1.17 bits per heavy atom. The van der Waals surface area contributed by atoms with Crippen LogP contribution in [0.1, 0.15) is 58.7 Å². The first-order valence-corrected chi connectivity index (χ1v) is 7.94. The molecule has 2 unspecified atom stereocenters. The molecule has 4 heteroatoms. The van der Waals surface area contributed by atoms with Gasteiger partial charge in [-0.3, -0.25) is 0 Å². The Morgan fingerprint density at radius 3 is 2.67 bits per heavy atom. The highest BCUT2D eigenvalue weighted by molar-refractivity contribution is 7.09. The van der Waals surface area contributed by atoms with E-state index in [-0.39, 0.29) is 5.41 Å². The second-order valence-electron chi connectivity index (χ2n) is 6.74. The lowest BCUT2D eigenvalue weighted by molar-refractivity contribution is 0.362. The number of hydrogen-bond donors (Lipinski definition) is 0. The third-order valence-corrected chi connectivity index (χ3v) is 5.08. The predicted molar refractivity (Wildman–Crippen MR) is 76.3 cm³/mol. The minimum Gasteiger partial charge on any atom is -0.344 e. The summed E-state index contributed by atoms with van der Waals surface area (Å²) in [5.74, 6) is 1.92. The fraction of sp³-hybridized carbons (Fsp3) is 0.857. The van der Waals surface area contributed by atoms with Crippen LogP contribution >= 0.6 is 11.5 Å². The van der Waals surface area contributed by atoms with Gasteiger partial charge in [0.15, 0.2) is 0 Å². The molecule has 0 spiro atoms. The van der Waals surface area contributed by atoms with E-state index >= 15 is 0 Å². The van der Waals surface area contributed by atoms with Crippen molar-refractivity contribution in [3.63, 3.8) is 0 Å². The van der Waals surface area contributed by atoms with Crippen molar-refractivity contribution in [2.75, 3.05) is 11.4 Å². The lowest BCUT2D eigenvalue weighted by Gasteiger charge is -2.37. The van der Waals surface area contributed by atoms with Crippen molar-refractivity contribution in [2.45, 2.75) is 64.3 Å². The molecule has 2 fully saturated rings. The Kier molecular flexibility index (Phi) is 3.08. The lowest BCUT2D eigenvalue weighted by atomic mass is 9.92. The molecular formula is C14H23N3S. The minimum absolute atomic E-state index is 0.0691. The lowest BCUT2D eigenvalue weighted by Crippen LogP contribution is -2.42. The fourth-order valence-corrected chi connectivity index (χ4v) is 4.27. The second-order valence-corrected chi connectivity index (χ2v) is 7.47. The zero-order valence-corrected chi connectivity index (χ0v) is 12.5. The first-order chi connectivity index (χ1) is 8.55. The van der Waals surface area contributed by atoms with Gasteiger partial charge in [0.25, 0.3) is 0 Å². The maximum atomic E-state index is 4.80. The second kappa shape index (κ2) is 4.48. The van der Waals surface area contributed by atoms with Gasteiger partial charge in [0.1, 0.15) is 5.82 Å². The molecule has 100 valence electrons. The minimum atomic E-state index is 0.0691. The van der Waals surface area contributed by atoms with Crippen LogP contribution in [-0.2, 0) is 5.41 Å². The molecule has 2 atom stereocenters. The number of piperidine rings is 1. The van der Waals surface area contributed by atoms with E-state index < -0.39 is 0 Å². The number of aromatic nitrogens is 2. The van der Waals surface area contributed by atoms with Gasteiger partial charge in [-0.2, -0.15) is 4.37 Å². The molecule has 2 heterocycles. The molecule has 1 aliphatic heterocycles. The molecule has 0 amide bonds. The summed E-state index contributed by atoms with van der Waals surface area (Å²) in [6.07, 6.45) is 6.93. The normalized spacial score (nSPS) is 28.5. The van der Waals surface area contributed by atoms with Crippen LogP contribution < -0.4 is 4.90 Å². The molecule has 1 saturated carbocycles. The molecule has 3 rings (SSSR count). The molecule has 1 aromatic heterocycles. The van der Waals surface area contributed by atoms with Gasteiger partial charge in [-0.1, -0.05) is 27.2 Å². The van der Waals surface area contributed by atoms with Crippen molar-refractivity contribution >= 4 is 16.7 Å². The van der Waals surface area contributed by atoms with Crippen LogP contribution in [0.25, 0.3) is 0 Å². The molecule has 0 N–H and O–H groups in total. The predicted octanol–water partition coefficient (Wildman–Crippen LogP) is 3.60. The van der Waals surface area contributed by atoms with E-state index in [0.29, 0.717) is 0 Å². The summed E-state index contributed by atoms with van der Waals surface area (Å²) >= 11 is 1.60. The van der Waals surface area contributed by atoms with Crippen molar-refractivity contribution in [1.29, 1.82) is 0 Å². The zero-order chi connectivity index (χ0) is 12.8. The van der Waals surface area contributed by atoms with Crippen LogP contribution in [0.5, 0.6) is 0 Å². The molecule has 0 radical (unpaired) electrons. The van der Waals surface area contributed by atoms with Crippen molar-refractivity contribution in [2.24, 2.45) is 5.92 Å². The summed E-state index contributed by atoms with van der Waals surface area (Å²) in [6.45, 7) is 7.74. The summed E-state index contributed by atoms with van der Waals surface area (Å²) in [7, 11) is 0. The first kappa shape index (κ1) is 12.4. The van der Waals surface area contributed by atoms with Crippen LogP contribution in [0.3, 0.4) is 0 Å². The van der Waals surface area contributed by atoms with Crippen LogP contribution in [0, 0.1) is 5.92 Å². The van der Waals surface area contributed by atoms with Crippen LogP contribution in [0.4, 0.5) is 5.13 Å². The van der Waals surface area contributed by atoms with Crippen molar-refractivity contribution in [1.82, 2.24) is 9.36 Å². The van der Waals surface area contributed by atoms with Gasteiger partial charge in [-0.15, -0.1) is 0 Å². The van der Waals surface area contributed by atoms with E-state index in [9.17, 15) is 0 Å². The first-order valence-electron chi connectivity index (χ1n) is 7.16. The van der Waals surface area contributed by atoms with E-state index in [1.54, 1.807) is 11.5 Å². The fourth-order valence-electron chi connectivity index (χ4n) is 3.33. The number of rotatable bonds is 1. The van der Waals surface area contributed by atoms with Crippen LogP contribution in [-0.4, -0.2) is 21.9 Å². The molecular weight excluding hydrogens is 242 g/mol. The Labute approximate surface area is 114 Å². The maximum absolute atomic E-state index is 4.80. The summed E-state index contributed by atoms with van der Waals surface area (Å²) in [6, 6.07) is 0.750. The highest BCUT2D eigenvalue weighted by Crippen LogP contribution is 2.40. The molecule has 1 saturated heterocycles. The van der Waals surface area contributed by atoms with E-state index in [0.717, 1.165) is 22.9 Å². The summed E-state index contributed by atoms with van der Waals surface area (Å²) < 4.78 is 4.57. The molecule has 2 aliphatic rings. The van der Waals surface area contributed by atoms with Gasteiger partial charge in [0.05, 0.1) is 0 Å². The van der Waals surface area contributed by atoms with Gasteiger partial charge in [0.2, 0.25) is 5.13 Å². The van der Waals surface area contributed by atoms with E-state index in [1.807, 2.05) is 0 Å². The number of hydrogen-bond acceptors (Lipinski definition) is 4. The number of nitrogens with zero attached hydrogens (tertiary/aromatic N) is 3.